The highest BCUT2D eigenvalue weighted by molar-refractivity contribution is 5.79. The second-order valence-electron chi connectivity index (χ2n) is 7.07. The summed E-state index contributed by atoms with van der Waals surface area (Å²) in [6.45, 7) is 14.6. The number of nitrogens with zero attached hydrogens (tertiary/aromatic N) is 3. The Hall–Kier alpha value is -1.99. The van der Waals surface area contributed by atoms with Gasteiger partial charge in [-0.15, -0.1) is 0 Å². The molecule has 28 heavy (non-hydrogen) atoms. The van der Waals surface area contributed by atoms with E-state index in [0.29, 0.717) is 12.6 Å². The summed E-state index contributed by atoms with van der Waals surface area (Å²) in [5.41, 5.74) is 1.03. The Morgan fingerprint density at radius 3 is 2.46 bits per heavy atom. The SMILES string of the molecule is CCNC(=NCc1ccc(OC)cc1OC)NCC(C)N1CCN(CC)CC1. The first kappa shape index (κ1) is 22.3. The van der Waals surface area contributed by atoms with Crippen LogP contribution in [0.5, 0.6) is 11.5 Å². The monoisotopic (exact) mass is 391 g/mol. The van der Waals surface area contributed by atoms with Crippen molar-refractivity contribution in [2.75, 3.05) is 60.0 Å². The number of methoxy groups -OCH3 is 2. The zero-order valence-corrected chi connectivity index (χ0v) is 18.1. The van der Waals surface area contributed by atoms with Gasteiger partial charge in [0.25, 0.3) is 0 Å². The molecule has 7 nitrogen and oxygen atoms in total. The molecule has 1 aliphatic heterocycles. The number of nitrogens with one attached hydrogen (secondary N) is 2. The van der Waals surface area contributed by atoms with Gasteiger partial charge in [-0.1, -0.05) is 6.92 Å². The number of hydrogen-bond acceptors (Lipinski definition) is 5. The van der Waals surface area contributed by atoms with Crippen LogP contribution in [0.4, 0.5) is 0 Å². The van der Waals surface area contributed by atoms with E-state index in [1.165, 1.54) is 0 Å². The molecule has 0 spiro atoms. The average molecular weight is 392 g/mol. The first-order chi connectivity index (χ1) is 13.6. The van der Waals surface area contributed by atoms with Crippen LogP contribution in [0.25, 0.3) is 0 Å². The summed E-state index contributed by atoms with van der Waals surface area (Å²) in [5.74, 6) is 2.41. The minimum absolute atomic E-state index is 0.471. The van der Waals surface area contributed by atoms with Gasteiger partial charge >= 0.3 is 0 Å². The van der Waals surface area contributed by atoms with Crippen molar-refractivity contribution in [3.8, 4) is 11.5 Å². The molecule has 0 bridgehead atoms. The van der Waals surface area contributed by atoms with E-state index >= 15 is 0 Å². The van der Waals surface area contributed by atoms with Gasteiger partial charge in [0.2, 0.25) is 0 Å². The van der Waals surface area contributed by atoms with Gasteiger partial charge in [-0.3, -0.25) is 4.90 Å². The fourth-order valence-electron chi connectivity index (χ4n) is 3.38. The molecule has 1 aromatic rings. The molecule has 158 valence electrons. The standard InChI is InChI=1S/C21H37N5O2/c1-6-22-21(23-15-17(3)26-12-10-25(7-2)11-13-26)24-16-18-8-9-19(27-4)14-20(18)28-5/h8-9,14,17H,6-7,10-13,15-16H2,1-5H3,(H2,22,23,24). The van der Waals surface area contributed by atoms with Crippen molar-refractivity contribution in [1.82, 2.24) is 20.4 Å². The van der Waals surface area contributed by atoms with Crippen molar-refractivity contribution >= 4 is 5.96 Å². The predicted molar refractivity (Wildman–Crippen MR) is 116 cm³/mol. The number of piperazine rings is 1. The summed E-state index contributed by atoms with van der Waals surface area (Å²) in [7, 11) is 3.33. The van der Waals surface area contributed by atoms with E-state index in [1.807, 2.05) is 18.2 Å². The fraction of sp³-hybridized carbons (Fsp3) is 0.667. The average Bonchev–Trinajstić information content (AvgIpc) is 2.75. The van der Waals surface area contributed by atoms with Gasteiger partial charge in [0.15, 0.2) is 5.96 Å². The molecule has 0 saturated carbocycles. The Bertz CT molecular complexity index is 615. The maximum absolute atomic E-state index is 5.47. The van der Waals surface area contributed by atoms with Gasteiger partial charge < -0.3 is 25.0 Å². The van der Waals surface area contributed by atoms with Crippen LogP contribution >= 0.6 is 0 Å². The molecule has 0 aromatic heterocycles. The number of aliphatic imine (C=N–C) groups is 1. The Morgan fingerprint density at radius 1 is 1.11 bits per heavy atom. The van der Waals surface area contributed by atoms with Crippen molar-refractivity contribution in [2.45, 2.75) is 33.4 Å². The molecule has 0 radical (unpaired) electrons. The maximum Gasteiger partial charge on any atom is 0.191 e. The Morgan fingerprint density at radius 2 is 1.86 bits per heavy atom. The third-order valence-electron chi connectivity index (χ3n) is 5.29. The number of likely N-dealkylation sites (N-methyl/N-ethyl adjacent to an activating group) is 1. The summed E-state index contributed by atoms with van der Waals surface area (Å²) in [6.07, 6.45) is 0. The molecule has 2 N–H and O–H groups in total. The number of hydrogen-bond donors (Lipinski definition) is 2. The first-order valence-corrected chi connectivity index (χ1v) is 10.3. The number of benzene rings is 1. The zero-order chi connectivity index (χ0) is 20.4. The highest BCUT2D eigenvalue weighted by atomic mass is 16.5. The van der Waals surface area contributed by atoms with E-state index < -0.39 is 0 Å². The largest absolute Gasteiger partial charge is 0.497 e. The van der Waals surface area contributed by atoms with Gasteiger partial charge in [0.1, 0.15) is 11.5 Å². The van der Waals surface area contributed by atoms with Gasteiger partial charge in [-0.05, 0) is 32.5 Å². The van der Waals surface area contributed by atoms with Crippen LogP contribution in [0.3, 0.4) is 0 Å². The van der Waals surface area contributed by atoms with Crippen LogP contribution < -0.4 is 20.1 Å². The highest BCUT2D eigenvalue weighted by Gasteiger charge is 2.20. The predicted octanol–water partition coefficient (Wildman–Crippen LogP) is 1.78. The van der Waals surface area contributed by atoms with Crippen LogP contribution in [0.2, 0.25) is 0 Å². The molecule has 1 saturated heterocycles. The molecule has 7 heteroatoms. The molecular formula is C21H37N5O2. The third kappa shape index (κ3) is 6.56. The molecule has 1 unspecified atom stereocenters. The Labute approximate surface area is 170 Å². The highest BCUT2D eigenvalue weighted by Crippen LogP contribution is 2.25. The van der Waals surface area contributed by atoms with Crippen LogP contribution in [-0.2, 0) is 6.54 Å². The topological polar surface area (TPSA) is 61.4 Å². The lowest BCUT2D eigenvalue weighted by atomic mass is 10.2. The fourth-order valence-corrected chi connectivity index (χ4v) is 3.38. The van der Waals surface area contributed by atoms with E-state index in [2.05, 4.69) is 41.2 Å². The van der Waals surface area contributed by atoms with Crippen LogP contribution in [0, 0.1) is 0 Å². The lowest BCUT2D eigenvalue weighted by Gasteiger charge is -2.37. The smallest absolute Gasteiger partial charge is 0.191 e. The van der Waals surface area contributed by atoms with Crippen molar-refractivity contribution in [1.29, 1.82) is 0 Å². The first-order valence-electron chi connectivity index (χ1n) is 10.3. The minimum atomic E-state index is 0.471. The van der Waals surface area contributed by atoms with Crippen LogP contribution in [0.1, 0.15) is 26.3 Å². The summed E-state index contributed by atoms with van der Waals surface area (Å²) >= 11 is 0. The number of guanidine groups is 1. The summed E-state index contributed by atoms with van der Waals surface area (Å²) in [4.78, 5) is 9.79. The molecule has 1 heterocycles. The van der Waals surface area contributed by atoms with E-state index in [1.54, 1.807) is 14.2 Å². The summed E-state index contributed by atoms with van der Waals surface area (Å²) in [6, 6.07) is 6.30. The van der Waals surface area contributed by atoms with E-state index in [9.17, 15) is 0 Å². The van der Waals surface area contributed by atoms with Crippen molar-refractivity contribution in [3.05, 3.63) is 23.8 Å². The minimum Gasteiger partial charge on any atom is -0.497 e. The number of rotatable bonds is 9. The summed E-state index contributed by atoms with van der Waals surface area (Å²) < 4.78 is 10.7. The molecule has 1 aliphatic rings. The normalized spacial score (nSPS) is 17.2. The molecular weight excluding hydrogens is 354 g/mol. The van der Waals surface area contributed by atoms with Crippen LogP contribution in [-0.4, -0.2) is 81.8 Å². The quantitative estimate of drug-likeness (QED) is 0.494. The van der Waals surface area contributed by atoms with Gasteiger partial charge in [-0.25, -0.2) is 4.99 Å². The number of ether oxygens (including phenoxy) is 2. The third-order valence-corrected chi connectivity index (χ3v) is 5.29. The van der Waals surface area contributed by atoms with Gasteiger partial charge in [0, 0.05) is 56.9 Å². The molecule has 1 fully saturated rings. The zero-order valence-electron chi connectivity index (χ0n) is 18.1. The molecule has 0 aliphatic carbocycles. The Kier molecular flexibility index (Phi) is 9.37. The second-order valence-corrected chi connectivity index (χ2v) is 7.07. The molecule has 0 amide bonds. The van der Waals surface area contributed by atoms with Gasteiger partial charge in [-0.2, -0.15) is 0 Å². The molecule has 1 aromatic carbocycles. The molecule has 1 atom stereocenters. The maximum atomic E-state index is 5.47. The van der Waals surface area contributed by atoms with Crippen molar-refractivity contribution < 1.29 is 9.47 Å². The Balaban J connectivity index is 1.91. The summed E-state index contributed by atoms with van der Waals surface area (Å²) in [5, 5.41) is 6.83. The second kappa shape index (κ2) is 11.8. The molecule has 2 rings (SSSR count). The van der Waals surface area contributed by atoms with E-state index in [-0.39, 0.29) is 0 Å². The van der Waals surface area contributed by atoms with Crippen LogP contribution in [0.15, 0.2) is 23.2 Å². The van der Waals surface area contributed by atoms with Crippen molar-refractivity contribution in [2.24, 2.45) is 4.99 Å². The van der Waals surface area contributed by atoms with Gasteiger partial charge in [0.05, 0.1) is 20.8 Å². The van der Waals surface area contributed by atoms with E-state index in [0.717, 1.165) is 68.8 Å². The lowest BCUT2D eigenvalue weighted by Crippen LogP contribution is -2.53. The lowest BCUT2D eigenvalue weighted by molar-refractivity contribution is 0.107. The van der Waals surface area contributed by atoms with E-state index in [4.69, 9.17) is 14.5 Å². The van der Waals surface area contributed by atoms with Crippen molar-refractivity contribution in [3.63, 3.8) is 0 Å².